The van der Waals surface area contributed by atoms with E-state index in [-0.39, 0.29) is 0 Å². The van der Waals surface area contributed by atoms with Crippen molar-refractivity contribution in [2.24, 2.45) is 7.05 Å². The van der Waals surface area contributed by atoms with Gasteiger partial charge in [-0.15, -0.1) is 0 Å². The fraction of sp³-hybridized carbons (Fsp3) is 0.125. The fourth-order valence-corrected chi connectivity index (χ4v) is 3.91. The van der Waals surface area contributed by atoms with Crippen LogP contribution in [0.3, 0.4) is 0 Å². The van der Waals surface area contributed by atoms with Gasteiger partial charge in [0.2, 0.25) is 5.69 Å². The number of fused-ring (bicyclic) bond motifs is 5. The molecule has 2 heteroatoms. The van der Waals surface area contributed by atoms with Crippen molar-refractivity contribution in [3.05, 3.63) is 78.0 Å². The molecule has 5 rings (SSSR count). The van der Waals surface area contributed by atoms with Crippen LogP contribution in [0.1, 0.15) is 15.2 Å². The highest BCUT2D eigenvalue weighted by Gasteiger charge is 2.22. The molecule has 0 saturated heterocycles. The molecule has 0 spiro atoms. The van der Waals surface area contributed by atoms with Crippen molar-refractivity contribution in [2.75, 3.05) is 0 Å². The largest absolute Gasteiger partial charge is 0.454 e. The number of rotatable bonds is 1. The minimum atomic E-state index is -2.23. The van der Waals surface area contributed by atoms with Crippen LogP contribution in [0.15, 0.2) is 71.3 Å². The highest BCUT2D eigenvalue weighted by molar-refractivity contribution is 6.18. The molecule has 0 aliphatic rings. The molecular weight excluding hydrogens is 318 g/mol. The van der Waals surface area contributed by atoms with E-state index in [9.17, 15) is 0 Å². The molecule has 0 aliphatic carbocycles. The predicted molar refractivity (Wildman–Crippen MR) is 107 cm³/mol. The van der Waals surface area contributed by atoms with Gasteiger partial charge in [0.25, 0.3) is 0 Å². The molecule has 0 fully saturated rings. The normalized spacial score (nSPS) is 13.8. The zero-order chi connectivity index (χ0) is 20.3. The Morgan fingerprint density at radius 1 is 0.885 bits per heavy atom. The summed E-state index contributed by atoms with van der Waals surface area (Å²) >= 11 is 0. The molecule has 126 valence electrons. The van der Waals surface area contributed by atoms with Crippen molar-refractivity contribution in [3.8, 4) is 11.3 Å². The fourth-order valence-electron chi connectivity index (χ4n) is 3.91. The number of hydrogen-bond donors (Lipinski definition) is 0. The first kappa shape index (κ1) is 12.3. The topological polar surface area (TPSA) is 17.0 Å². The van der Waals surface area contributed by atoms with Gasteiger partial charge in [0.1, 0.15) is 18.2 Å². The summed E-state index contributed by atoms with van der Waals surface area (Å²) in [5.41, 5.74) is 4.49. The molecule has 2 aromatic heterocycles. The van der Waals surface area contributed by atoms with Crippen molar-refractivity contribution in [1.29, 1.82) is 0 Å². The Morgan fingerprint density at radius 2 is 1.73 bits per heavy atom. The maximum atomic E-state index is 8.13. The van der Waals surface area contributed by atoms with Crippen LogP contribution in [-0.4, -0.2) is 0 Å². The summed E-state index contributed by atoms with van der Waals surface area (Å²) in [6, 6.07) is 19.8. The van der Waals surface area contributed by atoms with Gasteiger partial charge in [-0.25, -0.2) is 4.57 Å². The van der Waals surface area contributed by atoms with E-state index in [0.717, 1.165) is 38.6 Å². The molecule has 2 nitrogen and oxygen atoms in total. The Morgan fingerprint density at radius 3 is 2.58 bits per heavy atom. The average molecular weight is 341 g/mol. The SMILES string of the molecule is [2H]C([2H])([2H])c1cc(C)c(-c2cccc[n+]2C)c2oc3c4ccccc4ccc3c12. The maximum absolute atomic E-state index is 8.13. The molecular formula is C24H20NO+. The lowest BCUT2D eigenvalue weighted by atomic mass is 9.96. The third kappa shape index (κ3) is 2.02. The number of hydrogen-bond acceptors (Lipinski definition) is 1. The summed E-state index contributed by atoms with van der Waals surface area (Å²) in [5.74, 6) is 0. The number of benzene rings is 3. The van der Waals surface area contributed by atoms with Gasteiger partial charge in [0.15, 0.2) is 6.20 Å². The summed E-state index contributed by atoms with van der Waals surface area (Å²) in [6.07, 6.45) is 1.98. The average Bonchev–Trinajstić information content (AvgIpc) is 3.07. The Hall–Kier alpha value is -3.13. The number of furan rings is 1. The summed E-state index contributed by atoms with van der Waals surface area (Å²) < 4.78 is 32.9. The molecule has 0 radical (unpaired) electrons. The number of aryl methyl sites for hydroxylation is 3. The van der Waals surface area contributed by atoms with Crippen LogP contribution in [0.4, 0.5) is 0 Å². The van der Waals surface area contributed by atoms with E-state index in [2.05, 4.69) is 0 Å². The second-order valence-electron chi connectivity index (χ2n) is 6.78. The van der Waals surface area contributed by atoms with Crippen molar-refractivity contribution in [1.82, 2.24) is 0 Å². The third-order valence-electron chi connectivity index (χ3n) is 5.14. The van der Waals surface area contributed by atoms with E-state index >= 15 is 0 Å². The Bertz CT molecular complexity index is 1410. The van der Waals surface area contributed by atoms with Crippen LogP contribution in [0.5, 0.6) is 0 Å². The van der Waals surface area contributed by atoms with Gasteiger partial charge in [-0.2, -0.15) is 0 Å². The molecule has 5 aromatic rings. The van der Waals surface area contributed by atoms with Gasteiger partial charge in [0, 0.05) is 32.4 Å². The molecule has 0 saturated carbocycles. The second-order valence-corrected chi connectivity index (χ2v) is 6.78. The number of pyridine rings is 1. The van der Waals surface area contributed by atoms with E-state index in [0.29, 0.717) is 16.5 Å². The first-order valence-electron chi connectivity index (χ1n) is 10.2. The lowest BCUT2D eigenvalue weighted by molar-refractivity contribution is -0.660. The van der Waals surface area contributed by atoms with Gasteiger partial charge >= 0.3 is 0 Å². The molecule has 26 heavy (non-hydrogen) atoms. The van der Waals surface area contributed by atoms with E-state index in [1.165, 1.54) is 0 Å². The zero-order valence-corrected chi connectivity index (χ0v) is 14.7. The molecule has 2 heterocycles. The summed E-state index contributed by atoms with van der Waals surface area (Å²) in [4.78, 5) is 0. The standard InChI is InChI=1S/C24H20NO/c1-15-14-16(2)22(20-10-6-7-13-25(20)3)24-21(15)19-12-11-17-8-4-5-9-18(17)23(19)26-24/h4-14H,1-3H3/q+1/i1D3. The highest BCUT2D eigenvalue weighted by Crippen LogP contribution is 2.41. The van der Waals surface area contributed by atoms with E-state index in [4.69, 9.17) is 8.53 Å². The Balaban J connectivity index is 2.04. The van der Waals surface area contributed by atoms with Crippen molar-refractivity contribution < 1.29 is 13.1 Å². The van der Waals surface area contributed by atoms with Gasteiger partial charge in [-0.05, 0) is 42.4 Å². The zero-order valence-electron chi connectivity index (χ0n) is 17.7. The Labute approximate surface area is 156 Å². The predicted octanol–water partition coefficient (Wildman–Crippen LogP) is 5.85. The number of aromatic nitrogens is 1. The van der Waals surface area contributed by atoms with Crippen LogP contribution in [0.25, 0.3) is 44.0 Å². The molecule has 3 aromatic carbocycles. The monoisotopic (exact) mass is 341 g/mol. The van der Waals surface area contributed by atoms with Crippen LogP contribution >= 0.6 is 0 Å². The molecule has 0 amide bonds. The van der Waals surface area contributed by atoms with Gasteiger partial charge in [0.05, 0.1) is 5.56 Å². The van der Waals surface area contributed by atoms with Crippen molar-refractivity contribution in [2.45, 2.75) is 13.8 Å². The smallest absolute Gasteiger partial charge is 0.216 e. The summed E-state index contributed by atoms with van der Waals surface area (Å²) in [6.45, 7) is -0.287. The van der Waals surface area contributed by atoms with Gasteiger partial charge in [-0.1, -0.05) is 36.4 Å². The number of nitrogens with zero attached hydrogens (tertiary/aromatic N) is 1. The summed E-state index contributed by atoms with van der Waals surface area (Å²) in [5, 5.41) is 3.57. The summed E-state index contributed by atoms with van der Waals surface area (Å²) in [7, 11) is 1.98. The van der Waals surface area contributed by atoms with Crippen LogP contribution in [0.2, 0.25) is 0 Å². The molecule has 0 atom stereocenters. The quantitative estimate of drug-likeness (QED) is 0.350. The van der Waals surface area contributed by atoms with Crippen molar-refractivity contribution >= 4 is 32.7 Å². The molecule has 0 unspecified atom stereocenters. The highest BCUT2D eigenvalue weighted by atomic mass is 16.3. The van der Waals surface area contributed by atoms with Crippen LogP contribution in [-0.2, 0) is 7.05 Å². The Kier molecular flexibility index (Phi) is 2.56. The molecule has 0 bridgehead atoms. The maximum Gasteiger partial charge on any atom is 0.216 e. The van der Waals surface area contributed by atoms with Crippen LogP contribution in [0, 0.1) is 13.8 Å². The van der Waals surface area contributed by atoms with E-state index < -0.39 is 6.85 Å². The van der Waals surface area contributed by atoms with E-state index in [1.54, 1.807) is 6.07 Å². The third-order valence-corrected chi connectivity index (χ3v) is 5.14. The minimum absolute atomic E-state index is 0.335. The minimum Gasteiger partial charge on any atom is -0.454 e. The first-order valence-corrected chi connectivity index (χ1v) is 8.69. The molecule has 0 N–H and O–H groups in total. The van der Waals surface area contributed by atoms with E-state index in [1.807, 2.05) is 79.3 Å². The van der Waals surface area contributed by atoms with Gasteiger partial charge < -0.3 is 4.42 Å². The van der Waals surface area contributed by atoms with Gasteiger partial charge in [-0.3, -0.25) is 0 Å². The first-order chi connectivity index (χ1) is 13.9. The lowest BCUT2D eigenvalue weighted by Gasteiger charge is -2.07. The molecule has 0 aliphatic heterocycles. The van der Waals surface area contributed by atoms with Crippen LogP contribution < -0.4 is 4.57 Å². The second kappa shape index (κ2) is 5.43. The van der Waals surface area contributed by atoms with Crippen molar-refractivity contribution in [3.63, 3.8) is 0 Å². The lowest BCUT2D eigenvalue weighted by Crippen LogP contribution is -2.30.